The fraction of sp³-hybridized carbons (Fsp3) is 0.375. The molecule has 2 amide bonds. The van der Waals surface area contributed by atoms with E-state index in [9.17, 15) is 13.2 Å². The number of nitrogens with zero attached hydrogens (tertiary/aromatic N) is 3. The highest BCUT2D eigenvalue weighted by atomic mass is 32.2. The molecule has 2 aromatic rings. The summed E-state index contributed by atoms with van der Waals surface area (Å²) in [5.74, 6) is 0.649. The van der Waals surface area contributed by atoms with Gasteiger partial charge in [0.25, 0.3) is 10.0 Å². The maximum atomic E-state index is 12.6. The summed E-state index contributed by atoms with van der Waals surface area (Å²) in [6.45, 7) is 1.37. The van der Waals surface area contributed by atoms with Gasteiger partial charge in [-0.05, 0) is 18.6 Å². The number of aromatic amines is 1. The van der Waals surface area contributed by atoms with Crippen molar-refractivity contribution in [3.63, 3.8) is 0 Å². The first-order valence-electron chi connectivity index (χ1n) is 8.19. The lowest BCUT2D eigenvalue weighted by Crippen LogP contribution is -2.39. The van der Waals surface area contributed by atoms with Crippen LogP contribution in [0.15, 0.2) is 41.8 Å². The van der Waals surface area contributed by atoms with Crippen LogP contribution in [0.2, 0.25) is 0 Å². The van der Waals surface area contributed by atoms with Crippen LogP contribution in [0.25, 0.3) is 0 Å². The third-order valence-corrected chi connectivity index (χ3v) is 5.98. The summed E-state index contributed by atoms with van der Waals surface area (Å²) in [6.07, 6.45) is 3.17. The van der Waals surface area contributed by atoms with Gasteiger partial charge in [-0.1, -0.05) is 6.07 Å². The van der Waals surface area contributed by atoms with E-state index in [0.717, 1.165) is 0 Å². The maximum Gasteiger partial charge on any atom is 0.321 e. The van der Waals surface area contributed by atoms with Gasteiger partial charge in [0.15, 0.2) is 5.03 Å². The number of benzene rings is 1. The highest BCUT2D eigenvalue weighted by Crippen LogP contribution is 2.18. The number of carbonyl (C=O) groups excluding carboxylic acids is 1. The Morgan fingerprint density at radius 1 is 1.27 bits per heavy atom. The van der Waals surface area contributed by atoms with E-state index in [-0.39, 0.29) is 17.6 Å². The highest BCUT2D eigenvalue weighted by Gasteiger charge is 2.29. The minimum absolute atomic E-state index is 0.0618. The van der Waals surface area contributed by atoms with Crippen molar-refractivity contribution in [1.82, 2.24) is 19.2 Å². The zero-order chi connectivity index (χ0) is 18.6. The number of methoxy groups -OCH3 is 1. The molecule has 0 bridgehead atoms. The van der Waals surface area contributed by atoms with Gasteiger partial charge in [-0.15, -0.1) is 0 Å². The number of sulfonamides is 1. The first-order chi connectivity index (χ1) is 12.5. The topological polar surface area (TPSA) is 108 Å². The first kappa shape index (κ1) is 18.2. The Kier molecular flexibility index (Phi) is 5.43. The number of ether oxygens (including phenoxy) is 1. The van der Waals surface area contributed by atoms with Crippen LogP contribution < -0.4 is 10.1 Å². The van der Waals surface area contributed by atoms with Gasteiger partial charge in [0.05, 0.1) is 19.6 Å². The minimum atomic E-state index is -3.62. The van der Waals surface area contributed by atoms with Crippen molar-refractivity contribution < 1.29 is 17.9 Å². The summed E-state index contributed by atoms with van der Waals surface area (Å²) in [5, 5.41) is 2.88. The molecule has 140 valence electrons. The van der Waals surface area contributed by atoms with Crippen LogP contribution in [0, 0.1) is 0 Å². The molecule has 2 N–H and O–H groups in total. The van der Waals surface area contributed by atoms with Crippen LogP contribution in [0.5, 0.6) is 5.75 Å². The van der Waals surface area contributed by atoms with E-state index in [4.69, 9.17) is 4.74 Å². The number of amides is 2. The van der Waals surface area contributed by atoms with Crippen LogP contribution in [0.1, 0.15) is 6.42 Å². The number of hydrogen-bond donors (Lipinski definition) is 2. The van der Waals surface area contributed by atoms with Gasteiger partial charge in [0.1, 0.15) is 5.75 Å². The Bertz CT molecular complexity index is 853. The molecule has 0 saturated carbocycles. The zero-order valence-corrected chi connectivity index (χ0v) is 15.2. The Morgan fingerprint density at radius 3 is 2.85 bits per heavy atom. The van der Waals surface area contributed by atoms with Gasteiger partial charge in [0.2, 0.25) is 0 Å². The molecule has 1 aliphatic rings. The Balaban J connectivity index is 1.64. The van der Waals surface area contributed by atoms with E-state index in [0.29, 0.717) is 37.5 Å². The number of aromatic nitrogens is 2. The van der Waals surface area contributed by atoms with Crippen molar-refractivity contribution >= 4 is 21.7 Å². The molecule has 1 saturated heterocycles. The standard InChI is InChI=1S/C16H21N5O4S/c1-25-14-5-2-4-13(10-14)19-16(22)20-6-3-7-21(9-8-20)26(23,24)15-11-17-12-18-15/h2,4-5,10-12H,3,6-9H2,1H3,(H,17,18)(H,19,22). The number of hydrogen-bond acceptors (Lipinski definition) is 5. The average molecular weight is 379 g/mol. The average Bonchev–Trinajstić information content (AvgIpc) is 3.07. The van der Waals surface area contributed by atoms with E-state index < -0.39 is 10.0 Å². The zero-order valence-electron chi connectivity index (χ0n) is 14.4. The fourth-order valence-corrected chi connectivity index (χ4v) is 4.13. The van der Waals surface area contributed by atoms with Gasteiger partial charge in [0, 0.05) is 37.9 Å². The lowest BCUT2D eigenvalue weighted by molar-refractivity contribution is 0.214. The molecule has 0 radical (unpaired) electrons. The van der Waals surface area contributed by atoms with E-state index in [1.165, 1.54) is 16.8 Å². The van der Waals surface area contributed by atoms with Gasteiger partial charge in [-0.25, -0.2) is 18.2 Å². The van der Waals surface area contributed by atoms with Crippen LogP contribution in [-0.2, 0) is 10.0 Å². The Morgan fingerprint density at radius 2 is 2.12 bits per heavy atom. The number of nitrogens with one attached hydrogen (secondary N) is 2. The van der Waals surface area contributed by atoms with Gasteiger partial charge in [-0.3, -0.25) is 0 Å². The van der Waals surface area contributed by atoms with Crippen molar-refractivity contribution in [2.45, 2.75) is 11.4 Å². The monoisotopic (exact) mass is 379 g/mol. The lowest BCUT2D eigenvalue weighted by Gasteiger charge is -2.22. The molecule has 26 heavy (non-hydrogen) atoms. The van der Waals surface area contributed by atoms with E-state index in [2.05, 4.69) is 15.3 Å². The summed E-state index contributed by atoms with van der Waals surface area (Å²) in [7, 11) is -2.06. The van der Waals surface area contributed by atoms with E-state index in [1.54, 1.807) is 36.3 Å². The fourth-order valence-electron chi connectivity index (χ4n) is 2.76. The summed E-state index contributed by atoms with van der Waals surface area (Å²) < 4.78 is 31.6. The van der Waals surface area contributed by atoms with Crippen LogP contribution in [0.3, 0.4) is 0 Å². The predicted octanol–water partition coefficient (Wildman–Crippen LogP) is 1.35. The number of H-pyrrole nitrogens is 1. The molecule has 0 atom stereocenters. The Hall–Kier alpha value is -2.59. The van der Waals surface area contributed by atoms with Crippen LogP contribution >= 0.6 is 0 Å². The molecule has 9 nitrogen and oxygen atoms in total. The largest absolute Gasteiger partial charge is 0.497 e. The van der Waals surface area contributed by atoms with Crippen molar-refractivity contribution in [3.05, 3.63) is 36.8 Å². The smallest absolute Gasteiger partial charge is 0.321 e. The molecule has 0 aliphatic carbocycles. The summed E-state index contributed by atoms with van der Waals surface area (Å²) in [4.78, 5) is 20.5. The highest BCUT2D eigenvalue weighted by molar-refractivity contribution is 7.89. The number of carbonyl (C=O) groups is 1. The number of imidazole rings is 1. The van der Waals surface area contributed by atoms with Gasteiger partial charge < -0.3 is 19.9 Å². The summed E-state index contributed by atoms with van der Waals surface area (Å²) in [6, 6.07) is 6.81. The molecule has 0 unspecified atom stereocenters. The first-order valence-corrected chi connectivity index (χ1v) is 9.63. The third-order valence-electron chi connectivity index (χ3n) is 4.15. The quantitative estimate of drug-likeness (QED) is 0.834. The predicted molar refractivity (Wildman–Crippen MR) is 95.5 cm³/mol. The minimum Gasteiger partial charge on any atom is -0.497 e. The molecule has 0 spiro atoms. The van der Waals surface area contributed by atoms with Crippen molar-refractivity contribution in [1.29, 1.82) is 0 Å². The summed E-state index contributed by atoms with van der Waals surface area (Å²) in [5.41, 5.74) is 0.625. The van der Waals surface area contributed by atoms with Crippen molar-refractivity contribution in [3.8, 4) is 5.75 Å². The molecule has 1 aromatic heterocycles. The van der Waals surface area contributed by atoms with Crippen LogP contribution in [-0.4, -0.2) is 66.9 Å². The van der Waals surface area contributed by atoms with Crippen molar-refractivity contribution in [2.24, 2.45) is 0 Å². The van der Waals surface area contributed by atoms with E-state index in [1.807, 2.05) is 0 Å². The second kappa shape index (κ2) is 7.75. The number of rotatable bonds is 4. The molecular weight excluding hydrogens is 358 g/mol. The molecule has 10 heteroatoms. The van der Waals surface area contributed by atoms with Crippen molar-refractivity contribution in [2.75, 3.05) is 38.6 Å². The molecule has 1 aliphatic heterocycles. The molecule has 2 heterocycles. The third kappa shape index (κ3) is 3.97. The number of anilines is 1. The lowest BCUT2D eigenvalue weighted by atomic mass is 10.3. The molecular formula is C16H21N5O4S. The van der Waals surface area contributed by atoms with Gasteiger partial charge in [-0.2, -0.15) is 4.31 Å². The normalized spacial score (nSPS) is 16.1. The molecule has 1 aromatic carbocycles. The SMILES string of the molecule is COc1cccc(NC(=O)N2CCCN(S(=O)(=O)c3cnc[nH]3)CC2)c1. The maximum absolute atomic E-state index is 12.6. The van der Waals surface area contributed by atoms with E-state index >= 15 is 0 Å². The molecule has 3 rings (SSSR count). The van der Waals surface area contributed by atoms with Crippen LogP contribution in [0.4, 0.5) is 10.5 Å². The molecule has 1 fully saturated rings. The second-order valence-corrected chi connectivity index (χ2v) is 7.73. The summed E-state index contributed by atoms with van der Waals surface area (Å²) >= 11 is 0. The number of urea groups is 1. The Labute approximate surface area is 152 Å². The second-order valence-electron chi connectivity index (χ2n) is 5.82. The van der Waals surface area contributed by atoms with Gasteiger partial charge >= 0.3 is 6.03 Å².